The molecule has 2 heterocycles. The molecule has 1 saturated heterocycles. The summed E-state index contributed by atoms with van der Waals surface area (Å²) < 4.78 is 43.7. The average molecular weight is 450 g/mol. The number of aromatic nitrogens is 2. The van der Waals surface area contributed by atoms with Crippen molar-refractivity contribution in [3.63, 3.8) is 0 Å². The molecule has 0 amide bonds. The third-order valence-electron chi connectivity index (χ3n) is 5.25. The fraction of sp³-hybridized carbons (Fsp3) is 0.333. The number of hydrogen-bond acceptors (Lipinski definition) is 6. The van der Waals surface area contributed by atoms with Crippen LogP contribution < -0.4 is 0 Å². The molecule has 1 aliphatic rings. The molecule has 1 fully saturated rings. The molecule has 0 spiro atoms. The highest BCUT2D eigenvalue weighted by molar-refractivity contribution is 7.91. The van der Waals surface area contributed by atoms with Crippen LogP contribution in [0, 0.1) is 5.82 Å². The van der Waals surface area contributed by atoms with Gasteiger partial charge < -0.3 is 9.42 Å². The Labute approximate surface area is 179 Å². The molecular weight excluding hydrogens is 429 g/mol. The van der Waals surface area contributed by atoms with E-state index >= 15 is 0 Å². The van der Waals surface area contributed by atoms with Gasteiger partial charge in [0.1, 0.15) is 5.82 Å². The van der Waals surface area contributed by atoms with Crippen LogP contribution in [0.2, 0.25) is 5.02 Å². The monoisotopic (exact) mass is 449 g/mol. The van der Waals surface area contributed by atoms with E-state index in [-0.39, 0.29) is 22.4 Å². The van der Waals surface area contributed by atoms with Crippen molar-refractivity contribution in [3.8, 4) is 11.4 Å². The zero-order chi connectivity index (χ0) is 21.1. The number of halogens is 2. The third kappa shape index (κ3) is 4.88. The summed E-state index contributed by atoms with van der Waals surface area (Å²) >= 11 is 5.84. The van der Waals surface area contributed by atoms with Crippen LogP contribution in [0.3, 0.4) is 0 Å². The Balaban J connectivity index is 1.39. The largest absolute Gasteiger partial charge is 0.339 e. The number of rotatable bonds is 6. The average Bonchev–Trinajstić information content (AvgIpc) is 3.24. The zero-order valence-electron chi connectivity index (χ0n) is 16.2. The fourth-order valence-electron chi connectivity index (χ4n) is 3.59. The van der Waals surface area contributed by atoms with E-state index in [0.29, 0.717) is 35.4 Å². The normalized spacial score (nSPS) is 17.9. The van der Waals surface area contributed by atoms with Crippen molar-refractivity contribution < 1.29 is 17.3 Å². The van der Waals surface area contributed by atoms with Gasteiger partial charge in [0.05, 0.1) is 16.6 Å². The highest BCUT2D eigenvalue weighted by atomic mass is 35.5. The molecular formula is C21H21ClFN3O3S. The molecule has 1 aromatic heterocycles. The molecule has 3 aromatic rings. The topological polar surface area (TPSA) is 76.3 Å². The number of likely N-dealkylation sites (tertiary alicyclic amines) is 1. The van der Waals surface area contributed by atoms with Crippen LogP contribution >= 0.6 is 11.6 Å². The first kappa shape index (κ1) is 21.0. The molecule has 1 unspecified atom stereocenters. The number of sulfone groups is 1. The standard InChI is InChI=1S/C21H21ClFN3O3S/c22-17-5-9-19(10-6-17)30(27,28)13-12-26-11-1-2-16(14-26)21-24-20(25-29-21)15-3-7-18(23)8-4-15/h3-10,16H,1-2,11-14H2. The van der Waals surface area contributed by atoms with Crippen molar-refractivity contribution in [2.45, 2.75) is 23.7 Å². The SMILES string of the molecule is O=S(=O)(CCN1CCCC(c2nc(-c3ccc(F)cc3)no2)C1)c1ccc(Cl)cc1. The van der Waals surface area contributed by atoms with Gasteiger partial charge in [-0.05, 0) is 67.9 Å². The molecule has 1 aliphatic heterocycles. The van der Waals surface area contributed by atoms with Gasteiger partial charge in [-0.1, -0.05) is 16.8 Å². The summed E-state index contributed by atoms with van der Waals surface area (Å²) in [6.07, 6.45) is 1.81. The minimum Gasteiger partial charge on any atom is -0.339 e. The highest BCUT2D eigenvalue weighted by Gasteiger charge is 2.27. The first-order valence-electron chi connectivity index (χ1n) is 9.71. The van der Waals surface area contributed by atoms with Gasteiger partial charge in [0.25, 0.3) is 0 Å². The number of hydrogen-bond donors (Lipinski definition) is 0. The molecule has 158 valence electrons. The predicted molar refractivity (Wildman–Crippen MR) is 112 cm³/mol. The van der Waals surface area contributed by atoms with Crippen molar-refractivity contribution in [1.29, 1.82) is 0 Å². The summed E-state index contributed by atoms with van der Waals surface area (Å²) in [4.78, 5) is 6.87. The first-order chi connectivity index (χ1) is 14.4. The number of benzene rings is 2. The Hall–Kier alpha value is -2.29. The zero-order valence-corrected chi connectivity index (χ0v) is 17.7. The van der Waals surface area contributed by atoms with Gasteiger partial charge in [0, 0.05) is 23.7 Å². The summed E-state index contributed by atoms with van der Waals surface area (Å²) in [6, 6.07) is 12.2. The summed E-state index contributed by atoms with van der Waals surface area (Å²) in [5.41, 5.74) is 0.688. The van der Waals surface area contributed by atoms with Crippen LogP contribution in [0.15, 0.2) is 57.9 Å². The van der Waals surface area contributed by atoms with Crippen molar-refractivity contribution in [1.82, 2.24) is 15.0 Å². The Bertz CT molecular complexity index is 1100. The van der Waals surface area contributed by atoms with E-state index in [2.05, 4.69) is 15.0 Å². The number of nitrogens with zero attached hydrogens (tertiary/aromatic N) is 3. The number of piperidine rings is 1. The van der Waals surface area contributed by atoms with Crippen molar-refractivity contribution in [2.24, 2.45) is 0 Å². The van der Waals surface area contributed by atoms with E-state index in [1.807, 2.05) is 0 Å². The molecule has 30 heavy (non-hydrogen) atoms. The summed E-state index contributed by atoms with van der Waals surface area (Å²) in [7, 11) is -3.38. The summed E-state index contributed by atoms with van der Waals surface area (Å²) in [5, 5.41) is 4.52. The van der Waals surface area contributed by atoms with E-state index in [1.165, 1.54) is 24.3 Å². The quantitative estimate of drug-likeness (QED) is 0.561. The van der Waals surface area contributed by atoms with Crippen molar-refractivity contribution >= 4 is 21.4 Å². The van der Waals surface area contributed by atoms with Gasteiger partial charge in [-0.25, -0.2) is 12.8 Å². The molecule has 2 aromatic carbocycles. The second kappa shape index (κ2) is 8.83. The fourth-order valence-corrected chi connectivity index (χ4v) is 5.00. The molecule has 0 N–H and O–H groups in total. The second-order valence-electron chi connectivity index (χ2n) is 7.38. The maximum Gasteiger partial charge on any atom is 0.231 e. The molecule has 9 heteroatoms. The molecule has 4 rings (SSSR count). The lowest BCUT2D eigenvalue weighted by Crippen LogP contribution is -2.37. The van der Waals surface area contributed by atoms with E-state index < -0.39 is 9.84 Å². The van der Waals surface area contributed by atoms with Gasteiger partial charge in [0.2, 0.25) is 11.7 Å². The van der Waals surface area contributed by atoms with E-state index in [9.17, 15) is 12.8 Å². The van der Waals surface area contributed by atoms with Crippen LogP contribution in [0.1, 0.15) is 24.7 Å². The Morgan fingerprint density at radius 2 is 1.87 bits per heavy atom. The Kier molecular flexibility index (Phi) is 6.17. The summed E-state index contributed by atoms with van der Waals surface area (Å²) in [5.74, 6) is 0.705. The summed E-state index contributed by atoms with van der Waals surface area (Å²) in [6.45, 7) is 1.91. The maximum atomic E-state index is 13.1. The van der Waals surface area contributed by atoms with Crippen LogP contribution in [0.25, 0.3) is 11.4 Å². The molecule has 0 saturated carbocycles. The third-order valence-corrected chi connectivity index (χ3v) is 7.21. The second-order valence-corrected chi connectivity index (χ2v) is 9.92. The molecule has 0 bridgehead atoms. The van der Waals surface area contributed by atoms with E-state index in [1.54, 1.807) is 24.3 Å². The minimum absolute atomic E-state index is 0.0337. The smallest absolute Gasteiger partial charge is 0.231 e. The van der Waals surface area contributed by atoms with Crippen LogP contribution in [0.4, 0.5) is 4.39 Å². The van der Waals surface area contributed by atoms with Crippen LogP contribution in [-0.4, -0.2) is 48.8 Å². The van der Waals surface area contributed by atoms with E-state index in [0.717, 1.165) is 19.4 Å². The molecule has 6 nitrogen and oxygen atoms in total. The Morgan fingerprint density at radius 3 is 2.60 bits per heavy atom. The van der Waals surface area contributed by atoms with E-state index in [4.69, 9.17) is 16.1 Å². The van der Waals surface area contributed by atoms with Gasteiger partial charge in [-0.15, -0.1) is 0 Å². The van der Waals surface area contributed by atoms with Gasteiger partial charge >= 0.3 is 0 Å². The van der Waals surface area contributed by atoms with Crippen LogP contribution in [-0.2, 0) is 9.84 Å². The van der Waals surface area contributed by atoms with Gasteiger partial charge in [0.15, 0.2) is 9.84 Å². The maximum absolute atomic E-state index is 13.1. The van der Waals surface area contributed by atoms with Crippen LogP contribution in [0.5, 0.6) is 0 Å². The lowest BCUT2D eigenvalue weighted by Gasteiger charge is -2.30. The minimum atomic E-state index is -3.38. The molecule has 1 atom stereocenters. The van der Waals surface area contributed by atoms with Crippen molar-refractivity contribution in [2.75, 3.05) is 25.4 Å². The van der Waals surface area contributed by atoms with Gasteiger partial charge in [-0.3, -0.25) is 0 Å². The highest BCUT2D eigenvalue weighted by Crippen LogP contribution is 2.28. The molecule has 0 radical (unpaired) electrons. The predicted octanol–water partition coefficient (Wildman–Crippen LogP) is 4.18. The molecule has 0 aliphatic carbocycles. The first-order valence-corrected chi connectivity index (χ1v) is 11.7. The lowest BCUT2D eigenvalue weighted by molar-refractivity contribution is 0.195. The van der Waals surface area contributed by atoms with Gasteiger partial charge in [-0.2, -0.15) is 4.98 Å². The lowest BCUT2D eigenvalue weighted by atomic mass is 9.98. The van der Waals surface area contributed by atoms with Crippen molar-refractivity contribution in [3.05, 3.63) is 65.3 Å². The Morgan fingerprint density at radius 1 is 1.13 bits per heavy atom.